The summed E-state index contributed by atoms with van der Waals surface area (Å²) >= 11 is 1.25. The van der Waals surface area contributed by atoms with E-state index in [0.717, 1.165) is 11.0 Å². The van der Waals surface area contributed by atoms with E-state index in [0.29, 0.717) is 10.9 Å². The summed E-state index contributed by atoms with van der Waals surface area (Å²) in [7, 11) is 1.45. The van der Waals surface area contributed by atoms with E-state index in [2.05, 4.69) is 9.97 Å². The largest absolute Gasteiger partial charge is 0.497 e. The molecule has 0 saturated heterocycles. The molecule has 4 nitrogen and oxygen atoms in total. The van der Waals surface area contributed by atoms with Crippen molar-refractivity contribution in [2.75, 3.05) is 12.9 Å². The first kappa shape index (κ1) is 17.5. The third kappa shape index (κ3) is 3.92. The lowest BCUT2D eigenvalue weighted by Crippen LogP contribution is -2.05. The van der Waals surface area contributed by atoms with Gasteiger partial charge in [-0.15, -0.1) is 17.0 Å². The SMILES string of the molecule is Br.COc1ccc(C(=O)CSc2nc3ccccc3[nH]2)c(F)c1. The number of hydrogen-bond donors (Lipinski definition) is 1. The van der Waals surface area contributed by atoms with Gasteiger partial charge in [0.1, 0.15) is 11.6 Å². The highest BCUT2D eigenvalue weighted by atomic mass is 79.9. The normalized spacial score (nSPS) is 10.3. The molecule has 1 aromatic heterocycles. The Kier molecular flexibility index (Phi) is 5.79. The minimum atomic E-state index is -0.574. The molecule has 120 valence electrons. The van der Waals surface area contributed by atoms with Crippen molar-refractivity contribution in [3.63, 3.8) is 0 Å². The second kappa shape index (κ2) is 7.61. The number of hydrogen-bond acceptors (Lipinski definition) is 4. The number of aromatic nitrogens is 2. The van der Waals surface area contributed by atoms with Crippen LogP contribution in [0.1, 0.15) is 10.4 Å². The van der Waals surface area contributed by atoms with Gasteiger partial charge in [-0.1, -0.05) is 23.9 Å². The molecule has 0 aliphatic rings. The van der Waals surface area contributed by atoms with Gasteiger partial charge < -0.3 is 9.72 Å². The molecule has 0 unspecified atom stereocenters. The van der Waals surface area contributed by atoms with E-state index in [9.17, 15) is 9.18 Å². The maximum absolute atomic E-state index is 13.8. The fourth-order valence-corrected chi connectivity index (χ4v) is 2.83. The zero-order chi connectivity index (χ0) is 15.5. The number of para-hydroxylation sites is 2. The summed E-state index contributed by atoms with van der Waals surface area (Å²) in [5.74, 6) is -0.359. The van der Waals surface area contributed by atoms with Crippen molar-refractivity contribution in [2.45, 2.75) is 5.16 Å². The lowest BCUT2D eigenvalue weighted by atomic mass is 10.1. The van der Waals surface area contributed by atoms with Gasteiger partial charge in [-0.05, 0) is 24.3 Å². The summed E-state index contributed by atoms with van der Waals surface area (Å²) in [5.41, 5.74) is 1.81. The smallest absolute Gasteiger partial charge is 0.176 e. The van der Waals surface area contributed by atoms with Crippen LogP contribution in [0.5, 0.6) is 5.75 Å². The number of Topliss-reactive ketones (excluding diaryl/α,β-unsaturated/α-hetero) is 1. The molecule has 0 radical (unpaired) electrons. The maximum Gasteiger partial charge on any atom is 0.176 e. The topological polar surface area (TPSA) is 55.0 Å². The number of benzene rings is 2. The number of imidazole rings is 1. The van der Waals surface area contributed by atoms with Gasteiger partial charge in [0.05, 0.1) is 29.5 Å². The Morgan fingerprint density at radius 1 is 1.30 bits per heavy atom. The average molecular weight is 397 g/mol. The van der Waals surface area contributed by atoms with Crippen LogP contribution in [0.4, 0.5) is 4.39 Å². The molecule has 0 aliphatic carbocycles. The molecule has 0 amide bonds. The molecule has 0 aliphatic heterocycles. The molecule has 0 bridgehead atoms. The van der Waals surface area contributed by atoms with Crippen molar-refractivity contribution in [1.29, 1.82) is 0 Å². The predicted octanol–water partition coefficient (Wildman–Crippen LogP) is 4.26. The van der Waals surface area contributed by atoms with Crippen molar-refractivity contribution in [3.8, 4) is 5.75 Å². The number of methoxy groups -OCH3 is 1. The predicted molar refractivity (Wildman–Crippen MR) is 94.4 cm³/mol. The summed E-state index contributed by atoms with van der Waals surface area (Å²) < 4.78 is 18.8. The van der Waals surface area contributed by atoms with Crippen LogP contribution in [-0.4, -0.2) is 28.6 Å². The van der Waals surface area contributed by atoms with Crippen LogP contribution in [0.15, 0.2) is 47.6 Å². The Hall–Kier alpha value is -1.86. The molecule has 1 N–H and O–H groups in total. The molecule has 0 saturated carbocycles. The quantitative estimate of drug-likeness (QED) is 0.516. The molecule has 3 rings (SSSR count). The van der Waals surface area contributed by atoms with E-state index in [1.807, 2.05) is 24.3 Å². The Bertz CT molecular complexity index is 805. The van der Waals surface area contributed by atoms with Crippen molar-refractivity contribution in [2.24, 2.45) is 0 Å². The first-order valence-electron chi connectivity index (χ1n) is 6.61. The number of thioether (sulfide) groups is 1. The van der Waals surface area contributed by atoms with Crippen molar-refractivity contribution in [1.82, 2.24) is 9.97 Å². The maximum atomic E-state index is 13.8. The summed E-state index contributed by atoms with van der Waals surface area (Å²) in [6.07, 6.45) is 0. The molecule has 7 heteroatoms. The number of ether oxygens (including phenoxy) is 1. The Labute approximate surface area is 147 Å². The highest BCUT2D eigenvalue weighted by Gasteiger charge is 2.14. The first-order valence-corrected chi connectivity index (χ1v) is 7.60. The number of aromatic amines is 1. The van der Waals surface area contributed by atoms with Gasteiger partial charge in [0.15, 0.2) is 10.9 Å². The number of rotatable bonds is 5. The zero-order valence-corrected chi connectivity index (χ0v) is 14.7. The Balaban J connectivity index is 0.00000192. The van der Waals surface area contributed by atoms with E-state index in [-0.39, 0.29) is 34.1 Å². The average Bonchev–Trinajstić information content (AvgIpc) is 2.95. The van der Waals surface area contributed by atoms with E-state index in [1.54, 1.807) is 6.07 Å². The summed E-state index contributed by atoms with van der Waals surface area (Å²) in [4.78, 5) is 19.6. The van der Waals surface area contributed by atoms with E-state index >= 15 is 0 Å². The first-order chi connectivity index (χ1) is 10.7. The number of ketones is 1. The van der Waals surface area contributed by atoms with Crippen LogP contribution < -0.4 is 4.74 Å². The number of carbonyl (C=O) groups excluding carboxylic acids is 1. The lowest BCUT2D eigenvalue weighted by molar-refractivity contribution is 0.101. The second-order valence-corrected chi connectivity index (χ2v) is 5.58. The molecule has 0 spiro atoms. The standard InChI is InChI=1S/C16H13FN2O2S.BrH/c1-21-10-6-7-11(12(17)8-10)15(20)9-22-16-18-13-4-2-3-5-14(13)19-16;/h2-8H,9H2,1H3,(H,18,19);1H. The number of H-pyrrole nitrogens is 1. The molecular formula is C16H14BrFN2O2S. The fourth-order valence-electron chi connectivity index (χ4n) is 2.06. The number of fused-ring (bicyclic) bond motifs is 1. The van der Waals surface area contributed by atoms with E-state index < -0.39 is 5.82 Å². The van der Waals surface area contributed by atoms with Crippen LogP contribution >= 0.6 is 28.7 Å². The molecule has 23 heavy (non-hydrogen) atoms. The molecule has 2 aromatic carbocycles. The van der Waals surface area contributed by atoms with Gasteiger partial charge in [-0.3, -0.25) is 4.79 Å². The molecule has 3 aromatic rings. The number of nitrogens with zero attached hydrogens (tertiary/aromatic N) is 1. The van der Waals surface area contributed by atoms with Crippen molar-refractivity contribution >= 4 is 45.6 Å². The van der Waals surface area contributed by atoms with E-state index in [4.69, 9.17) is 4.74 Å². The van der Waals surface area contributed by atoms with Gasteiger partial charge in [0.2, 0.25) is 0 Å². The van der Waals surface area contributed by atoms with Gasteiger partial charge in [-0.25, -0.2) is 9.37 Å². The minimum absolute atomic E-state index is 0. The number of halogens is 2. The second-order valence-electron chi connectivity index (χ2n) is 4.62. The van der Waals surface area contributed by atoms with Gasteiger partial charge in [0, 0.05) is 6.07 Å². The van der Waals surface area contributed by atoms with Gasteiger partial charge in [-0.2, -0.15) is 0 Å². The zero-order valence-electron chi connectivity index (χ0n) is 12.2. The van der Waals surface area contributed by atoms with Crippen molar-refractivity contribution in [3.05, 3.63) is 53.8 Å². The Morgan fingerprint density at radius 3 is 2.78 bits per heavy atom. The van der Waals surface area contributed by atoms with Crippen molar-refractivity contribution < 1.29 is 13.9 Å². The summed E-state index contributed by atoms with van der Waals surface area (Å²) in [6, 6.07) is 11.8. The molecule has 0 fully saturated rings. The minimum Gasteiger partial charge on any atom is -0.497 e. The highest BCUT2D eigenvalue weighted by molar-refractivity contribution is 8.93. The molecule has 0 atom stereocenters. The van der Waals surface area contributed by atoms with E-state index in [1.165, 1.54) is 31.0 Å². The van der Waals surface area contributed by atoms with Crippen LogP contribution in [0, 0.1) is 5.82 Å². The summed E-state index contributed by atoms with van der Waals surface area (Å²) in [6.45, 7) is 0. The Morgan fingerprint density at radius 2 is 2.09 bits per heavy atom. The van der Waals surface area contributed by atoms with Crippen LogP contribution in [-0.2, 0) is 0 Å². The number of nitrogens with one attached hydrogen (secondary N) is 1. The third-order valence-electron chi connectivity index (χ3n) is 3.18. The van der Waals surface area contributed by atoms with Gasteiger partial charge >= 0.3 is 0 Å². The van der Waals surface area contributed by atoms with Crippen LogP contribution in [0.25, 0.3) is 11.0 Å². The fraction of sp³-hybridized carbons (Fsp3) is 0.125. The van der Waals surface area contributed by atoms with Crippen LogP contribution in [0.3, 0.4) is 0 Å². The summed E-state index contributed by atoms with van der Waals surface area (Å²) in [5, 5.41) is 0.642. The highest BCUT2D eigenvalue weighted by Crippen LogP contribution is 2.22. The number of carbonyl (C=O) groups is 1. The molecule has 1 heterocycles. The monoisotopic (exact) mass is 396 g/mol. The van der Waals surface area contributed by atoms with Gasteiger partial charge in [0.25, 0.3) is 0 Å². The third-order valence-corrected chi connectivity index (χ3v) is 4.06. The molecular weight excluding hydrogens is 383 g/mol. The van der Waals surface area contributed by atoms with Crippen LogP contribution in [0.2, 0.25) is 0 Å². The lowest BCUT2D eigenvalue weighted by Gasteiger charge is -2.04.